The van der Waals surface area contributed by atoms with Crippen molar-refractivity contribution in [1.82, 2.24) is 9.88 Å². The van der Waals surface area contributed by atoms with Gasteiger partial charge in [-0.05, 0) is 24.3 Å². The summed E-state index contributed by atoms with van der Waals surface area (Å²) in [5.74, 6) is 0. The fourth-order valence-electron chi connectivity index (χ4n) is 2.50. The summed E-state index contributed by atoms with van der Waals surface area (Å²) in [6.07, 6.45) is 0.984. The smallest absolute Gasteiger partial charge is 0.322 e. The van der Waals surface area contributed by atoms with Crippen LogP contribution in [0.2, 0.25) is 5.02 Å². The van der Waals surface area contributed by atoms with Gasteiger partial charge in [0.05, 0.1) is 41.6 Å². The monoisotopic (exact) mass is 321 g/mol. The lowest BCUT2D eigenvalue weighted by molar-refractivity contribution is 0.106. The summed E-state index contributed by atoms with van der Waals surface area (Å²) >= 11 is 6.12. The minimum Gasteiger partial charge on any atom is -0.388 e. The van der Waals surface area contributed by atoms with Gasteiger partial charge in [0.15, 0.2) is 0 Å². The van der Waals surface area contributed by atoms with Crippen molar-refractivity contribution in [1.29, 1.82) is 0 Å². The highest BCUT2D eigenvalue weighted by molar-refractivity contribution is 6.35. The molecule has 1 aromatic carbocycles. The van der Waals surface area contributed by atoms with E-state index < -0.39 is 6.10 Å². The van der Waals surface area contributed by atoms with Gasteiger partial charge in [-0.1, -0.05) is 11.6 Å². The predicted molar refractivity (Wildman–Crippen MR) is 84.1 cm³/mol. The number of benzene rings is 1. The van der Waals surface area contributed by atoms with Gasteiger partial charge in [-0.15, -0.1) is 0 Å². The molecule has 1 aliphatic heterocycles. The fourth-order valence-corrected chi connectivity index (χ4v) is 2.72. The van der Waals surface area contributed by atoms with Crippen molar-refractivity contribution < 1.29 is 14.6 Å². The van der Waals surface area contributed by atoms with Crippen molar-refractivity contribution in [2.75, 3.05) is 25.6 Å². The molecule has 1 fully saturated rings. The van der Waals surface area contributed by atoms with Crippen molar-refractivity contribution in [3.63, 3.8) is 0 Å². The Morgan fingerprint density at radius 1 is 1.45 bits per heavy atom. The van der Waals surface area contributed by atoms with Gasteiger partial charge in [-0.3, -0.25) is 4.98 Å². The van der Waals surface area contributed by atoms with E-state index in [0.29, 0.717) is 22.8 Å². The maximum absolute atomic E-state index is 12.4. The quantitative estimate of drug-likeness (QED) is 0.888. The van der Waals surface area contributed by atoms with Crippen LogP contribution in [0, 0.1) is 0 Å². The standard InChI is InChI=1S/C15H16ClN3O3/c1-19(12-7-22-8-13(12)20)15(21)18-11-5-4-10(16)14-9(11)3-2-6-17-14/h2-6,12-13,20H,7-8H2,1H3,(H,18,21)/t12-,13-/m0/s1. The Labute approximate surface area is 132 Å². The third kappa shape index (κ3) is 2.72. The van der Waals surface area contributed by atoms with Crippen LogP contribution >= 0.6 is 11.6 Å². The maximum atomic E-state index is 12.4. The van der Waals surface area contributed by atoms with E-state index in [1.807, 2.05) is 6.07 Å². The van der Waals surface area contributed by atoms with Gasteiger partial charge in [-0.2, -0.15) is 0 Å². The zero-order valence-corrected chi connectivity index (χ0v) is 12.7. The average Bonchev–Trinajstić information content (AvgIpc) is 2.95. The van der Waals surface area contributed by atoms with Crippen molar-refractivity contribution in [2.45, 2.75) is 12.1 Å². The predicted octanol–water partition coefficient (Wildman–Crippen LogP) is 2.11. The maximum Gasteiger partial charge on any atom is 0.322 e. The van der Waals surface area contributed by atoms with Gasteiger partial charge in [0.1, 0.15) is 0 Å². The van der Waals surface area contributed by atoms with Crippen molar-refractivity contribution >= 4 is 34.2 Å². The van der Waals surface area contributed by atoms with E-state index in [2.05, 4.69) is 10.3 Å². The number of ether oxygens (including phenoxy) is 1. The molecule has 0 aliphatic carbocycles. The van der Waals surface area contributed by atoms with Crippen LogP contribution in [0.5, 0.6) is 0 Å². The third-order valence-electron chi connectivity index (χ3n) is 3.80. The molecule has 0 radical (unpaired) electrons. The molecule has 0 spiro atoms. The molecule has 6 nitrogen and oxygen atoms in total. The molecular weight excluding hydrogens is 306 g/mol. The number of aliphatic hydroxyl groups excluding tert-OH is 1. The van der Waals surface area contributed by atoms with Crippen LogP contribution in [0.15, 0.2) is 30.5 Å². The van der Waals surface area contributed by atoms with Gasteiger partial charge in [0.25, 0.3) is 0 Å². The van der Waals surface area contributed by atoms with Crippen LogP contribution in [-0.4, -0.2) is 53.4 Å². The number of rotatable bonds is 2. The van der Waals surface area contributed by atoms with Crippen LogP contribution < -0.4 is 5.32 Å². The summed E-state index contributed by atoms with van der Waals surface area (Å²) in [5.41, 5.74) is 1.26. The Balaban J connectivity index is 1.84. The molecule has 2 atom stereocenters. The van der Waals surface area contributed by atoms with E-state index in [4.69, 9.17) is 16.3 Å². The second kappa shape index (κ2) is 6.08. The van der Waals surface area contributed by atoms with Gasteiger partial charge >= 0.3 is 6.03 Å². The largest absolute Gasteiger partial charge is 0.388 e. The highest BCUT2D eigenvalue weighted by Crippen LogP contribution is 2.28. The Morgan fingerprint density at radius 2 is 2.27 bits per heavy atom. The first-order valence-electron chi connectivity index (χ1n) is 6.91. The molecule has 22 heavy (non-hydrogen) atoms. The molecule has 0 unspecified atom stereocenters. The Morgan fingerprint density at radius 3 is 3.00 bits per heavy atom. The van der Waals surface area contributed by atoms with Crippen LogP contribution in [0.1, 0.15) is 0 Å². The number of hydrogen-bond donors (Lipinski definition) is 2. The zero-order valence-electron chi connectivity index (χ0n) is 12.0. The highest BCUT2D eigenvalue weighted by Gasteiger charge is 2.32. The number of anilines is 1. The summed E-state index contributed by atoms with van der Waals surface area (Å²) in [6, 6.07) is 6.39. The van der Waals surface area contributed by atoms with E-state index in [9.17, 15) is 9.90 Å². The number of aromatic nitrogens is 1. The number of likely N-dealkylation sites (N-methyl/N-ethyl adjacent to an activating group) is 1. The van der Waals surface area contributed by atoms with Crippen molar-refractivity contribution in [2.24, 2.45) is 0 Å². The molecule has 116 valence electrons. The molecule has 1 aromatic heterocycles. The zero-order chi connectivity index (χ0) is 15.7. The summed E-state index contributed by atoms with van der Waals surface area (Å²) in [4.78, 5) is 18.0. The van der Waals surface area contributed by atoms with Gasteiger partial charge in [0.2, 0.25) is 0 Å². The number of urea groups is 1. The fraction of sp³-hybridized carbons (Fsp3) is 0.333. The molecule has 1 saturated heterocycles. The van der Waals surface area contributed by atoms with Crippen molar-refractivity contribution in [3.8, 4) is 0 Å². The molecule has 0 bridgehead atoms. The number of carbonyl (C=O) groups is 1. The van der Waals surface area contributed by atoms with Crippen LogP contribution in [0.3, 0.4) is 0 Å². The topological polar surface area (TPSA) is 74.7 Å². The summed E-state index contributed by atoms with van der Waals surface area (Å²) in [7, 11) is 1.63. The molecule has 2 aromatic rings. The minimum absolute atomic E-state index is 0.246. The second-order valence-corrected chi connectivity index (χ2v) is 5.61. The lowest BCUT2D eigenvalue weighted by Crippen LogP contribution is -2.45. The average molecular weight is 322 g/mol. The van der Waals surface area contributed by atoms with Gasteiger partial charge in [0, 0.05) is 18.6 Å². The summed E-state index contributed by atoms with van der Waals surface area (Å²) in [6.45, 7) is 0.574. The normalized spacial score (nSPS) is 21.0. The minimum atomic E-state index is -0.667. The first kappa shape index (κ1) is 15.0. The first-order chi connectivity index (χ1) is 10.6. The lowest BCUT2D eigenvalue weighted by atomic mass is 10.1. The van der Waals surface area contributed by atoms with E-state index in [1.165, 1.54) is 4.90 Å². The molecule has 0 saturated carbocycles. The number of fused-ring (bicyclic) bond motifs is 1. The number of halogens is 1. The summed E-state index contributed by atoms with van der Waals surface area (Å²) in [5, 5.41) is 13.9. The number of carbonyl (C=O) groups excluding carboxylic acids is 1. The van der Waals surface area contributed by atoms with E-state index in [-0.39, 0.29) is 18.7 Å². The SMILES string of the molecule is CN(C(=O)Nc1ccc(Cl)c2ncccc12)[C@H]1COC[C@@H]1O. The Kier molecular flexibility index (Phi) is 4.15. The number of nitrogens with one attached hydrogen (secondary N) is 1. The van der Waals surface area contributed by atoms with E-state index in [1.54, 1.807) is 31.4 Å². The van der Waals surface area contributed by atoms with Gasteiger partial charge < -0.3 is 20.1 Å². The lowest BCUT2D eigenvalue weighted by Gasteiger charge is -2.26. The number of aliphatic hydroxyl groups is 1. The van der Waals surface area contributed by atoms with E-state index >= 15 is 0 Å². The Bertz CT molecular complexity index is 709. The molecule has 3 rings (SSSR count). The molecule has 7 heteroatoms. The van der Waals surface area contributed by atoms with E-state index in [0.717, 1.165) is 5.39 Å². The Hall–Kier alpha value is -1.89. The van der Waals surface area contributed by atoms with Crippen LogP contribution in [0.25, 0.3) is 10.9 Å². The first-order valence-corrected chi connectivity index (χ1v) is 7.28. The molecule has 2 N–H and O–H groups in total. The molecule has 1 aliphatic rings. The number of amides is 2. The number of hydrogen-bond acceptors (Lipinski definition) is 4. The molecule has 2 heterocycles. The third-order valence-corrected chi connectivity index (χ3v) is 4.11. The number of nitrogens with zero attached hydrogens (tertiary/aromatic N) is 2. The number of pyridine rings is 1. The molecular formula is C15H16ClN3O3. The summed E-state index contributed by atoms with van der Waals surface area (Å²) < 4.78 is 5.18. The van der Waals surface area contributed by atoms with Gasteiger partial charge in [-0.25, -0.2) is 4.79 Å². The van der Waals surface area contributed by atoms with Crippen LogP contribution in [0.4, 0.5) is 10.5 Å². The van der Waals surface area contributed by atoms with Crippen molar-refractivity contribution in [3.05, 3.63) is 35.5 Å². The highest BCUT2D eigenvalue weighted by atomic mass is 35.5. The van der Waals surface area contributed by atoms with Crippen LogP contribution in [-0.2, 0) is 4.74 Å². The second-order valence-electron chi connectivity index (χ2n) is 5.21. The molecule has 2 amide bonds.